The van der Waals surface area contributed by atoms with Crippen LogP contribution in [0.2, 0.25) is 0 Å². The van der Waals surface area contributed by atoms with E-state index in [1.165, 1.54) is 12.1 Å². The molecule has 0 amide bonds. The van der Waals surface area contributed by atoms with Gasteiger partial charge in [0.2, 0.25) is 0 Å². The van der Waals surface area contributed by atoms with Crippen molar-refractivity contribution in [3.8, 4) is 0 Å². The first-order valence-electron chi connectivity index (χ1n) is 6.25. The van der Waals surface area contributed by atoms with E-state index in [0.29, 0.717) is 0 Å². The van der Waals surface area contributed by atoms with Crippen LogP contribution in [0.4, 0.5) is 5.69 Å². The largest absolute Gasteiger partial charge is 0.384 e. The van der Waals surface area contributed by atoms with Gasteiger partial charge >= 0.3 is 0 Å². The molecule has 1 aliphatic heterocycles. The number of hydrogen-bond donors (Lipinski definition) is 2. The van der Waals surface area contributed by atoms with Gasteiger partial charge in [0, 0.05) is 24.3 Å². The van der Waals surface area contributed by atoms with Crippen LogP contribution in [0.15, 0.2) is 24.3 Å². The van der Waals surface area contributed by atoms with Gasteiger partial charge in [0.1, 0.15) is 5.84 Å². The SMILES string of the molecule is CC1CC(C)CN(c2ccc(C(=N)N)cc2)C1. The molecule has 2 atom stereocenters. The van der Waals surface area contributed by atoms with Gasteiger partial charge in [-0.05, 0) is 42.5 Å². The molecule has 3 heteroatoms. The van der Waals surface area contributed by atoms with Crippen LogP contribution < -0.4 is 10.6 Å². The standard InChI is InChI=1S/C14H21N3/c1-10-7-11(2)9-17(8-10)13-5-3-12(4-6-13)14(15)16/h3-6,10-11H,7-9H2,1-2H3,(H3,15,16). The molecule has 0 aliphatic carbocycles. The minimum Gasteiger partial charge on any atom is -0.384 e. The second kappa shape index (κ2) is 4.78. The second-order valence-electron chi connectivity index (χ2n) is 5.31. The van der Waals surface area contributed by atoms with E-state index in [1.807, 2.05) is 12.1 Å². The van der Waals surface area contributed by atoms with E-state index in [1.54, 1.807) is 0 Å². The quantitative estimate of drug-likeness (QED) is 0.607. The minimum atomic E-state index is 0.136. The molecule has 1 aromatic rings. The van der Waals surface area contributed by atoms with Gasteiger partial charge in [0.25, 0.3) is 0 Å². The summed E-state index contributed by atoms with van der Waals surface area (Å²) in [6, 6.07) is 8.01. The Morgan fingerprint density at radius 1 is 1.18 bits per heavy atom. The van der Waals surface area contributed by atoms with Gasteiger partial charge in [-0.3, -0.25) is 5.41 Å². The monoisotopic (exact) mass is 231 g/mol. The highest BCUT2D eigenvalue weighted by atomic mass is 15.1. The molecule has 0 spiro atoms. The fourth-order valence-corrected chi connectivity index (χ4v) is 2.73. The molecule has 1 aliphatic rings. The number of nitrogens with two attached hydrogens (primary N) is 1. The van der Waals surface area contributed by atoms with Gasteiger partial charge < -0.3 is 10.6 Å². The zero-order chi connectivity index (χ0) is 12.4. The first kappa shape index (κ1) is 12.0. The highest BCUT2D eigenvalue weighted by Gasteiger charge is 2.21. The van der Waals surface area contributed by atoms with E-state index in [9.17, 15) is 0 Å². The molecule has 3 N–H and O–H groups in total. The van der Waals surface area contributed by atoms with Gasteiger partial charge in [-0.1, -0.05) is 13.8 Å². The van der Waals surface area contributed by atoms with Crippen molar-refractivity contribution in [3.05, 3.63) is 29.8 Å². The number of benzene rings is 1. The third-order valence-corrected chi connectivity index (χ3v) is 3.41. The topological polar surface area (TPSA) is 53.1 Å². The number of hydrogen-bond acceptors (Lipinski definition) is 2. The van der Waals surface area contributed by atoms with Gasteiger partial charge in [-0.15, -0.1) is 0 Å². The Morgan fingerprint density at radius 3 is 2.18 bits per heavy atom. The summed E-state index contributed by atoms with van der Waals surface area (Å²) in [6.07, 6.45) is 1.32. The van der Waals surface area contributed by atoms with E-state index in [-0.39, 0.29) is 5.84 Å². The van der Waals surface area contributed by atoms with E-state index in [4.69, 9.17) is 11.1 Å². The number of anilines is 1. The van der Waals surface area contributed by atoms with Crippen LogP contribution >= 0.6 is 0 Å². The third kappa shape index (κ3) is 2.78. The normalized spacial score (nSPS) is 24.7. The van der Waals surface area contributed by atoms with Crippen LogP contribution in [0.1, 0.15) is 25.8 Å². The van der Waals surface area contributed by atoms with Gasteiger partial charge in [-0.25, -0.2) is 0 Å². The van der Waals surface area contributed by atoms with Crippen molar-refractivity contribution in [2.24, 2.45) is 17.6 Å². The zero-order valence-corrected chi connectivity index (χ0v) is 10.6. The van der Waals surface area contributed by atoms with E-state index < -0.39 is 0 Å². The Labute approximate surface area is 103 Å². The fourth-order valence-electron chi connectivity index (χ4n) is 2.73. The molecular weight excluding hydrogens is 210 g/mol. The third-order valence-electron chi connectivity index (χ3n) is 3.41. The summed E-state index contributed by atoms with van der Waals surface area (Å²) >= 11 is 0. The summed E-state index contributed by atoms with van der Waals surface area (Å²) in [7, 11) is 0. The molecule has 0 saturated carbocycles. The van der Waals surface area contributed by atoms with Crippen LogP contribution in [-0.4, -0.2) is 18.9 Å². The molecule has 1 fully saturated rings. The van der Waals surface area contributed by atoms with E-state index in [2.05, 4.69) is 30.9 Å². The predicted octanol–water partition coefficient (Wildman–Crippen LogP) is 2.45. The number of rotatable bonds is 2. The summed E-state index contributed by atoms with van der Waals surface area (Å²) in [6.45, 7) is 6.88. The Balaban J connectivity index is 2.14. The van der Waals surface area contributed by atoms with Crippen molar-refractivity contribution < 1.29 is 0 Å². The molecule has 92 valence electrons. The smallest absolute Gasteiger partial charge is 0.122 e. The van der Waals surface area contributed by atoms with Crippen LogP contribution in [0.3, 0.4) is 0 Å². The molecule has 1 saturated heterocycles. The van der Waals surface area contributed by atoms with Crippen molar-refractivity contribution >= 4 is 11.5 Å². The lowest BCUT2D eigenvalue weighted by atomic mass is 9.91. The highest BCUT2D eigenvalue weighted by molar-refractivity contribution is 5.95. The summed E-state index contributed by atoms with van der Waals surface area (Å²) in [5.74, 6) is 1.65. The minimum absolute atomic E-state index is 0.136. The van der Waals surface area contributed by atoms with Crippen molar-refractivity contribution in [1.82, 2.24) is 0 Å². The van der Waals surface area contributed by atoms with Crippen LogP contribution in [0.5, 0.6) is 0 Å². The van der Waals surface area contributed by atoms with Crippen molar-refractivity contribution in [1.29, 1.82) is 5.41 Å². The Hall–Kier alpha value is -1.51. The van der Waals surface area contributed by atoms with E-state index in [0.717, 1.165) is 30.5 Å². The van der Waals surface area contributed by atoms with Crippen molar-refractivity contribution in [3.63, 3.8) is 0 Å². The Bertz CT molecular complexity index is 386. The molecule has 1 aromatic carbocycles. The summed E-state index contributed by atoms with van der Waals surface area (Å²) in [4.78, 5) is 2.43. The van der Waals surface area contributed by atoms with Crippen LogP contribution in [0, 0.1) is 17.2 Å². The predicted molar refractivity (Wildman–Crippen MR) is 72.6 cm³/mol. The molecular formula is C14H21N3. The Kier molecular flexibility index (Phi) is 3.36. The first-order valence-corrected chi connectivity index (χ1v) is 6.25. The number of amidine groups is 1. The van der Waals surface area contributed by atoms with Gasteiger partial charge in [0.15, 0.2) is 0 Å². The van der Waals surface area contributed by atoms with Gasteiger partial charge in [-0.2, -0.15) is 0 Å². The van der Waals surface area contributed by atoms with E-state index >= 15 is 0 Å². The van der Waals surface area contributed by atoms with Crippen LogP contribution in [0.25, 0.3) is 0 Å². The lowest BCUT2D eigenvalue weighted by Gasteiger charge is -2.36. The highest BCUT2D eigenvalue weighted by Crippen LogP contribution is 2.26. The molecule has 1 heterocycles. The maximum Gasteiger partial charge on any atom is 0.122 e. The number of nitrogens with one attached hydrogen (secondary N) is 1. The molecule has 0 bridgehead atoms. The molecule has 2 unspecified atom stereocenters. The molecule has 3 nitrogen and oxygen atoms in total. The lowest BCUT2D eigenvalue weighted by molar-refractivity contribution is 0.357. The maximum absolute atomic E-state index is 7.38. The molecule has 17 heavy (non-hydrogen) atoms. The molecule has 0 aromatic heterocycles. The first-order chi connectivity index (χ1) is 8.06. The number of nitrogen functional groups attached to an aromatic ring is 1. The summed E-state index contributed by atoms with van der Waals surface area (Å²) in [5.41, 5.74) is 7.50. The maximum atomic E-state index is 7.38. The van der Waals surface area contributed by atoms with Gasteiger partial charge in [0.05, 0.1) is 0 Å². The molecule has 0 radical (unpaired) electrons. The molecule has 2 rings (SSSR count). The number of nitrogens with zero attached hydrogens (tertiary/aromatic N) is 1. The van der Waals surface area contributed by atoms with Crippen molar-refractivity contribution in [2.45, 2.75) is 20.3 Å². The van der Waals surface area contributed by atoms with Crippen molar-refractivity contribution in [2.75, 3.05) is 18.0 Å². The lowest BCUT2D eigenvalue weighted by Crippen LogP contribution is -2.38. The second-order valence-corrected chi connectivity index (χ2v) is 5.31. The van der Waals surface area contributed by atoms with Crippen LogP contribution in [-0.2, 0) is 0 Å². The Morgan fingerprint density at radius 2 is 1.71 bits per heavy atom. The summed E-state index contributed by atoms with van der Waals surface area (Å²) in [5, 5.41) is 7.38. The summed E-state index contributed by atoms with van der Waals surface area (Å²) < 4.78 is 0. The zero-order valence-electron chi connectivity index (χ0n) is 10.6. The average Bonchev–Trinajstić information content (AvgIpc) is 2.28. The number of piperidine rings is 1. The average molecular weight is 231 g/mol. The fraction of sp³-hybridized carbons (Fsp3) is 0.500.